The highest BCUT2D eigenvalue weighted by molar-refractivity contribution is 7.15. The summed E-state index contributed by atoms with van der Waals surface area (Å²) in [5, 5.41) is 5.61. The van der Waals surface area contributed by atoms with Crippen LogP contribution in [0.5, 0.6) is 5.06 Å². The molecule has 162 valence electrons. The fraction of sp³-hybridized carbons (Fsp3) is 0.333. The van der Waals surface area contributed by atoms with Crippen LogP contribution in [0.25, 0.3) is 5.69 Å². The number of carbonyl (C=O) groups excluding carboxylic acids is 2. The number of hydrogen-bond donors (Lipinski definition) is 0. The Bertz CT molecular complexity index is 1130. The highest BCUT2D eigenvalue weighted by atomic mass is 35.5. The molecule has 1 saturated heterocycles. The second kappa shape index (κ2) is 8.32. The number of benzene rings is 1. The van der Waals surface area contributed by atoms with E-state index >= 15 is 0 Å². The molecule has 4 rings (SSSR count). The first kappa shape index (κ1) is 21.3. The number of nitrogens with zero attached hydrogens (tertiary/aromatic N) is 5. The number of hydrogen-bond acceptors (Lipinski definition) is 6. The minimum Gasteiger partial charge on any atom is -0.487 e. The zero-order chi connectivity index (χ0) is 22.2. The summed E-state index contributed by atoms with van der Waals surface area (Å²) in [6, 6.07) is 10.7. The van der Waals surface area contributed by atoms with Crippen LogP contribution in [0, 0.1) is 0 Å². The molecule has 0 atom stereocenters. The van der Waals surface area contributed by atoms with Gasteiger partial charge in [0.25, 0.3) is 11.8 Å². The van der Waals surface area contributed by atoms with Crippen molar-refractivity contribution < 1.29 is 14.3 Å². The molecule has 0 radical (unpaired) electrons. The number of aromatic nitrogens is 3. The van der Waals surface area contributed by atoms with Gasteiger partial charge in [-0.05, 0) is 44.2 Å². The first-order valence-corrected chi connectivity index (χ1v) is 10.9. The molecule has 3 aromatic rings. The third-order valence-electron chi connectivity index (χ3n) is 5.18. The minimum absolute atomic E-state index is 0.0585. The van der Waals surface area contributed by atoms with Crippen LogP contribution in [0.1, 0.15) is 34.1 Å². The lowest BCUT2D eigenvalue weighted by molar-refractivity contribution is 0.0162. The normalized spacial score (nSPS) is 15.7. The van der Waals surface area contributed by atoms with Crippen molar-refractivity contribution in [3.05, 3.63) is 58.4 Å². The minimum atomic E-state index is -0.576. The molecule has 0 aliphatic carbocycles. The number of thiophene rings is 1. The van der Waals surface area contributed by atoms with E-state index in [0.29, 0.717) is 34.6 Å². The number of ether oxygens (including phenoxy) is 1. The number of piperazine rings is 1. The molecule has 1 aliphatic heterocycles. The quantitative estimate of drug-likeness (QED) is 0.597. The third-order valence-corrected chi connectivity index (χ3v) is 6.45. The third kappa shape index (κ3) is 4.28. The zero-order valence-electron chi connectivity index (χ0n) is 17.4. The predicted octanol–water partition coefficient (Wildman–Crippen LogP) is 3.37. The van der Waals surface area contributed by atoms with Gasteiger partial charge in [-0.2, -0.15) is 0 Å². The summed E-state index contributed by atoms with van der Waals surface area (Å²) in [6.45, 7) is 5.11. The van der Waals surface area contributed by atoms with E-state index in [1.54, 1.807) is 41.2 Å². The van der Waals surface area contributed by atoms with Crippen LogP contribution in [0.4, 0.5) is 0 Å². The second-order valence-electron chi connectivity index (χ2n) is 7.81. The maximum atomic E-state index is 13.2. The molecule has 1 aromatic carbocycles. The summed E-state index contributed by atoms with van der Waals surface area (Å²) in [5.74, 6) is -0.219. The average Bonchev–Trinajstić information content (AvgIpc) is 3.42. The van der Waals surface area contributed by atoms with Gasteiger partial charge in [-0.1, -0.05) is 29.0 Å². The summed E-state index contributed by atoms with van der Waals surface area (Å²) < 4.78 is 6.71. The van der Waals surface area contributed by atoms with Crippen LogP contribution in [0.3, 0.4) is 0 Å². The van der Waals surface area contributed by atoms with E-state index in [-0.39, 0.29) is 17.6 Å². The van der Waals surface area contributed by atoms with Gasteiger partial charge in [-0.15, -0.1) is 5.10 Å². The first-order valence-electron chi connectivity index (χ1n) is 9.71. The highest BCUT2D eigenvalue weighted by Gasteiger charge is 2.40. The van der Waals surface area contributed by atoms with E-state index in [0.717, 1.165) is 5.69 Å². The summed E-state index contributed by atoms with van der Waals surface area (Å²) in [6.07, 6.45) is 1.50. The van der Waals surface area contributed by atoms with Crippen molar-refractivity contribution in [3.8, 4) is 10.8 Å². The lowest BCUT2D eigenvalue weighted by Gasteiger charge is -2.46. The van der Waals surface area contributed by atoms with Gasteiger partial charge in [-0.25, -0.2) is 9.67 Å². The van der Waals surface area contributed by atoms with Crippen molar-refractivity contribution >= 4 is 34.8 Å². The maximum absolute atomic E-state index is 13.2. The number of rotatable bonds is 4. The van der Waals surface area contributed by atoms with Gasteiger partial charge in [-0.3, -0.25) is 9.59 Å². The Morgan fingerprint density at radius 3 is 2.65 bits per heavy atom. The van der Waals surface area contributed by atoms with Gasteiger partial charge in [0.1, 0.15) is 6.33 Å². The monoisotopic (exact) mass is 459 g/mol. The molecule has 8 nitrogen and oxygen atoms in total. The number of amides is 2. The Balaban J connectivity index is 1.48. The molecule has 10 heteroatoms. The van der Waals surface area contributed by atoms with Gasteiger partial charge in [0, 0.05) is 24.7 Å². The van der Waals surface area contributed by atoms with E-state index in [4.69, 9.17) is 16.3 Å². The molecule has 31 heavy (non-hydrogen) atoms. The van der Waals surface area contributed by atoms with Crippen LogP contribution < -0.4 is 4.74 Å². The fourth-order valence-corrected chi connectivity index (χ4v) is 4.60. The lowest BCUT2D eigenvalue weighted by atomic mass is 9.98. The number of carbonyl (C=O) groups is 2. The SMILES string of the molecule is COc1ccc(C(=O)N2CCN(C(=O)c3ncn(-c4cccc(Cl)c4)n3)C(C)(C)C2)s1. The van der Waals surface area contributed by atoms with Crippen molar-refractivity contribution in [2.75, 3.05) is 26.7 Å². The summed E-state index contributed by atoms with van der Waals surface area (Å²) in [4.78, 5) is 34.4. The summed E-state index contributed by atoms with van der Waals surface area (Å²) >= 11 is 7.36. The summed E-state index contributed by atoms with van der Waals surface area (Å²) in [5.41, 5.74) is 0.147. The van der Waals surface area contributed by atoms with Crippen LogP contribution >= 0.6 is 22.9 Å². The zero-order valence-corrected chi connectivity index (χ0v) is 19.0. The molecule has 2 aromatic heterocycles. The molecular weight excluding hydrogens is 438 g/mol. The molecule has 0 saturated carbocycles. The molecule has 1 aliphatic rings. The molecular formula is C21H22ClN5O3S. The molecule has 3 heterocycles. The predicted molar refractivity (Wildman–Crippen MR) is 118 cm³/mol. The van der Waals surface area contributed by atoms with E-state index in [1.165, 1.54) is 22.3 Å². The van der Waals surface area contributed by atoms with Gasteiger partial charge >= 0.3 is 0 Å². The highest BCUT2D eigenvalue weighted by Crippen LogP contribution is 2.28. The van der Waals surface area contributed by atoms with Crippen LogP contribution in [-0.2, 0) is 0 Å². The van der Waals surface area contributed by atoms with E-state index in [2.05, 4.69) is 10.1 Å². The van der Waals surface area contributed by atoms with Crippen LogP contribution in [0.2, 0.25) is 5.02 Å². The van der Waals surface area contributed by atoms with Gasteiger partial charge in [0.15, 0.2) is 5.06 Å². The molecule has 0 spiro atoms. The standard InChI is InChI=1S/C21H22ClN5O3S/c1-21(2)12-25(19(28)16-7-8-17(30-3)31-16)9-10-26(21)20(29)18-23-13-27(24-18)15-6-4-5-14(22)11-15/h4-8,11,13H,9-10,12H2,1-3H3. The van der Waals surface area contributed by atoms with E-state index < -0.39 is 5.54 Å². The van der Waals surface area contributed by atoms with E-state index in [9.17, 15) is 9.59 Å². The molecule has 0 N–H and O–H groups in total. The van der Waals surface area contributed by atoms with Crippen molar-refractivity contribution in [2.24, 2.45) is 0 Å². The van der Waals surface area contributed by atoms with Crippen molar-refractivity contribution in [1.82, 2.24) is 24.6 Å². The number of methoxy groups -OCH3 is 1. The van der Waals surface area contributed by atoms with Gasteiger partial charge < -0.3 is 14.5 Å². The first-order chi connectivity index (χ1) is 14.8. The van der Waals surface area contributed by atoms with Crippen molar-refractivity contribution in [2.45, 2.75) is 19.4 Å². The largest absolute Gasteiger partial charge is 0.487 e. The van der Waals surface area contributed by atoms with Gasteiger partial charge in [0.05, 0.1) is 23.2 Å². The Morgan fingerprint density at radius 1 is 1.16 bits per heavy atom. The Morgan fingerprint density at radius 2 is 1.97 bits per heavy atom. The van der Waals surface area contributed by atoms with Crippen LogP contribution in [-0.4, -0.2) is 68.7 Å². The van der Waals surface area contributed by atoms with E-state index in [1.807, 2.05) is 26.0 Å². The van der Waals surface area contributed by atoms with Crippen molar-refractivity contribution in [3.63, 3.8) is 0 Å². The Kier molecular flexibility index (Phi) is 5.72. The molecule has 1 fully saturated rings. The van der Waals surface area contributed by atoms with Gasteiger partial charge in [0.2, 0.25) is 5.82 Å². The Hall–Kier alpha value is -2.91. The second-order valence-corrected chi connectivity index (χ2v) is 9.29. The lowest BCUT2D eigenvalue weighted by Crippen LogP contribution is -2.62. The smallest absolute Gasteiger partial charge is 0.294 e. The molecule has 0 unspecified atom stereocenters. The average molecular weight is 460 g/mol. The van der Waals surface area contributed by atoms with Crippen LogP contribution in [0.15, 0.2) is 42.7 Å². The Labute approximate surface area is 189 Å². The molecule has 2 amide bonds. The summed E-state index contributed by atoms with van der Waals surface area (Å²) in [7, 11) is 1.58. The maximum Gasteiger partial charge on any atom is 0.294 e. The number of halogens is 1. The fourth-order valence-electron chi connectivity index (χ4n) is 3.63. The topological polar surface area (TPSA) is 80.6 Å². The molecule has 0 bridgehead atoms. The van der Waals surface area contributed by atoms with Crippen molar-refractivity contribution in [1.29, 1.82) is 0 Å².